The topological polar surface area (TPSA) is 98.3 Å². The van der Waals surface area contributed by atoms with Gasteiger partial charge in [-0.05, 0) is 85.5 Å². The van der Waals surface area contributed by atoms with Gasteiger partial charge < -0.3 is 9.97 Å². The van der Waals surface area contributed by atoms with Crippen LogP contribution < -0.4 is 0 Å². The van der Waals surface area contributed by atoms with Crippen molar-refractivity contribution >= 4 is 46.4 Å². The predicted molar refractivity (Wildman–Crippen MR) is 131 cm³/mol. The van der Waals surface area contributed by atoms with Gasteiger partial charge in [-0.3, -0.25) is 0 Å². The molecule has 6 rings (SSSR count). The number of aromatic nitrogens is 4. The van der Waals surface area contributed by atoms with Crippen molar-refractivity contribution in [3.05, 3.63) is 75.7 Å². The molecule has 0 saturated heterocycles. The summed E-state index contributed by atoms with van der Waals surface area (Å²) in [7, 11) is 0. The Morgan fingerprint density at radius 2 is 1.25 bits per heavy atom. The fourth-order valence-electron chi connectivity index (χ4n) is 4.85. The van der Waals surface area contributed by atoms with E-state index in [0.717, 1.165) is 39.3 Å². The van der Waals surface area contributed by atoms with E-state index < -0.39 is 0 Å². The van der Waals surface area contributed by atoms with Crippen molar-refractivity contribution in [1.29, 1.82) is 5.59 Å². The van der Waals surface area contributed by atoms with E-state index in [0.29, 0.717) is 5.92 Å². The molecule has 0 aromatic carbocycles. The average molecular weight is 424 g/mol. The Hall–Kier alpha value is -3.80. The molecular weight excluding hydrogens is 398 g/mol. The summed E-state index contributed by atoms with van der Waals surface area (Å²) in [6.45, 7) is 0. The third-order valence-corrected chi connectivity index (χ3v) is 6.27. The lowest BCUT2D eigenvalue weighted by Gasteiger charge is -2.22. The summed E-state index contributed by atoms with van der Waals surface area (Å²) >= 11 is 0. The quantitative estimate of drug-likeness (QED) is 0.252. The molecule has 3 aromatic rings. The number of nitroso groups, excluding NO2 is 1. The first-order chi connectivity index (χ1) is 15.8. The van der Waals surface area contributed by atoms with E-state index in [-0.39, 0.29) is 0 Å². The third-order valence-electron chi connectivity index (χ3n) is 6.27. The van der Waals surface area contributed by atoms with Gasteiger partial charge in [0.15, 0.2) is 0 Å². The summed E-state index contributed by atoms with van der Waals surface area (Å²) in [5, 5.41) is 0. The minimum atomic E-state index is 0.558. The number of fused-ring (bicyclic) bond motifs is 8. The highest BCUT2D eigenvalue weighted by Crippen LogP contribution is 2.37. The second kappa shape index (κ2) is 8.75. The Labute approximate surface area is 185 Å². The van der Waals surface area contributed by atoms with E-state index in [9.17, 15) is 0 Å². The number of hydrogen-bond acceptors (Lipinski definition) is 4. The molecule has 3 aromatic heterocycles. The summed E-state index contributed by atoms with van der Waals surface area (Å²) in [6, 6.07) is 14.8. The first kappa shape index (κ1) is 20.1. The molecule has 1 aliphatic carbocycles. The number of rotatable bonds is 1. The monoisotopic (exact) mass is 423 g/mol. The van der Waals surface area contributed by atoms with E-state index in [2.05, 4.69) is 82.3 Å². The molecule has 32 heavy (non-hydrogen) atoms. The van der Waals surface area contributed by atoms with Gasteiger partial charge in [0.1, 0.15) is 0 Å². The number of nitrogens with zero attached hydrogens (tertiary/aromatic N) is 2. The van der Waals surface area contributed by atoms with Gasteiger partial charge in [0, 0.05) is 27.6 Å². The molecule has 0 amide bonds. The fraction of sp³-hybridized carbons (Fsp3) is 0.231. The van der Waals surface area contributed by atoms with Gasteiger partial charge in [-0.25, -0.2) is 9.97 Å². The minimum Gasteiger partial charge on any atom is -0.355 e. The van der Waals surface area contributed by atoms with Crippen LogP contribution >= 0.6 is 0 Å². The zero-order valence-electron chi connectivity index (χ0n) is 17.8. The predicted octanol–water partition coefficient (Wildman–Crippen LogP) is 7.03. The zero-order valence-corrected chi connectivity index (χ0v) is 17.8. The Bertz CT molecular complexity index is 1360. The van der Waals surface area contributed by atoms with Crippen LogP contribution in [0.2, 0.25) is 0 Å². The lowest BCUT2D eigenvalue weighted by molar-refractivity contribution is 0.444. The number of H-pyrrole nitrogens is 2. The fourth-order valence-corrected chi connectivity index (χ4v) is 4.85. The molecule has 6 heteroatoms. The summed E-state index contributed by atoms with van der Waals surface area (Å²) in [6.07, 6.45) is 14.9. The first-order valence-electron chi connectivity index (χ1n) is 11.1. The molecule has 160 valence electrons. The van der Waals surface area contributed by atoms with E-state index in [4.69, 9.17) is 14.9 Å². The highest BCUT2D eigenvalue weighted by molar-refractivity contribution is 5.79. The Kier molecular flexibility index (Phi) is 5.50. The van der Waals surface area contributed by atoms with Gasteiger partial charge in [0.25, 0.3) is 0 Å². The highest BCUT2D eigenvalue weighted by Gasteiger charge is 2.21. The van der Waals surface area contributed by atoms with E-state index >= 15 is 0 Å². The van der Waals surface area contributed by atoms with Crippen LogP contribution in [0.15, 0.2) is 42.5 Å². The molecular formula is C26H25N5O. The standard InChI is InChI=1S/C26H24N4.HNO/c1-2-4-17(5-3-1)26-24-12-10-22(29-24)15-20-8-6-18(27-20)14-19-7-9-21(28-19)16-23-11-13-25(26)30-23;1-2/h6-17,27,30H,1-5H2;1H. The normalized spacial score (nSPS) is 15.4. The van der Waals surface area contributed by atoms with Crippen LogP contribution in [0.25, 0.3) is 46.4 Å². The Morgan fingerprint density at radius 3 is 1.94 bits per heavy atom. The maximum absolute atomic E-state index is 7.50. The summed E-state index contributed by atoms with van der Waals surface area (Å²) in [5.41, 5.74) is 14.2. The SMILES string of the molecule is C1=Cc2cc3ccc([nH]3)c(C3CCCCC3)c3nc(cc4ccc(cc1n2)[nH]4)C=C3.N=O. The average Bonchev–Trinajstić information content (AvgIpc) is 3.62. The molecule has 0 spiro atoms. The number of hydrogen-bond donors (Lipinski definition) is 3. The molecule has 1 saturated carbocycles. The Balaban J connectivity index is 0.00000105. The molecule has 5 heterocycles. The second-order valence-electron chi connectivity index (χ2n) is 8.43. The van der Waals surface area contributed by atoms with Crippen LogP contribution in [0.4, 0.5) is 0 Å². The summed E-state index contributed by atoms with van der Waals surface area (Å²) < 4.78 is 0. The molecule has 6 nitrogen and oxygen atoms in total. The molecule has 8 bridgehead atoms. The molecule has 3 N–H and O–H groups in total. The molecule has 0 radical (unpaired) electrons. The van der Waals surface area contributed by atoms with Crippen LogP contribution in [0, 0.1) is 10.5 Å². The first-order valence-corrected chi connectivity index (χ1v) is 11.1. The van der Waals surface area contributed by atoms with Gasteiger partial charge in [0.05, 0.1) is 22.8 Å². The maximum atomic E-state index is 7.50. The third kappa shape index (κ3) is 4.04. The van der Waals surface area contributed by atoms with Crippen molar-refractivity contribution in [3.63, 3.8) is 0 Å². The van der Waals surface area contributed by atoms with Gasteiger partial charge in [-0.1, -0.05) is 24.9 Å². The van der Waals surface area contributed by atoms with Crippen molar-refractivity contribution < 1.29 is 0 Å². The van der Waals surface area contributed by atoms with Gasteiger partial charge in [-0.15, -0.1) is 0 Å². The lowest BCUT2D eigenvalue weighted by atomic mass is 9.83. The van der Waals surface area contributed by atoms with Gasteiger partial charge in [-0.2, -0.15) is 4.91 Å². The second-order valence-corrected chi connectivity index (χ2v) is 8.43. The van der Waals surface area contributed by atoms with Crippen molar-refractivity contribution in [2.24, 2.45) is 0 Å². The molecule has 0 unspecified atom stereocenters. The van der Waals surface area contributed by atoms with Crippen molar-refractivity contribution in [1.82, 2.24) is 19.9 Å². The molecule has 0 atom stereocenters. The smallest absolute Gasteiger partial charge is 0.0693 e. The van der Waals surface area contributed by atoms with Crippen LogP contribution in [0.1, 0.15) is 66.4 Å². The molecule has 1 fully saturated rings. The van der Waals surface area contributed by atoms with E-state index in [1.807, 2.05) is 0 Å². The Morgan fingerprint density at radius 1 is 0.688 bits per heavy atom. The van der Waals surface area contributed by atoms with Crippen LogP contribution in [-0.4, -0.2) is 19.9 Å². The summed E-state index contributed by atoms with van der Waals surface area (Å²) in [4.78, 5) is 24.4. The van der Waals surface area contributed by atoms with Crippen molar-refractivity contribution in [3.8, 4) is 0 Å². The van der Waals surface area contributed by atoms with Gasteiger partial charge >= 0.3 is 0 Å². The molecule has 2 aliphatic heterocycles. The number of nitrogens with one attached hydrogen (secondary N) is 3. The minimum absolute atomic E-state index is 0.558. The van der Waals surface area contributed by atoms with E-state index in [1.54, 1.807) is 0 Å². The highest BCUT2D eigenvalue weighted by atomic mass is 16.2. The van der Waals surface area contributed by atoms with Crippen LogP contribution in [0.5, 0.6) is 0 Å². The van der Waals surface area contributed by atoms with Crippen molar-refractivity contribution in [2.75, 3.05) is 0 Å². The zero-order chi connectivity index (χ0) is 21.9. The lowest BCUT2D eigenvalue weighted by Crippen LogP contribution is -2.06. The van der Waals surface area contributed by atoms with Crippen molar-refractivity contribution in [2.45, 2.75) is 38.0 Å². The van der Waals surface area contributed by atoms with Gasteiger partial charge in [0.2, 0.25) is 0 Å². The summed E-state index contributed by atoms with van der Waals surface area (Å²) in [5.74, 6) is 0.558. The maximum Gasteiger partial charge on any atom is 0.0693 e. The van der Waals surface area contributed by atoms with E-state index in [1.165, 1.54) is 43.2 Å². The largest absolute Gasteiger partial charge is 0.355 e. The number of aromatic amines is 2. The molecule has 3 aliphatic rings. The van der Waals surface area contributed by atoms with Crippen LogP contribution in [0.3, 0.4) is 0 Å². The van der Waals surface area contributed by atoms with Crippen LogP contribution in [-0.2, 0) is 0 Å².